The highest BCUT2D eigenvalue weighted by Crippen LogP contribution is 2.20. The third-order valence-corrected chi connectivity index (χ3v) is 4.86. The highest BCUT2D eigenvalue weighted by Gasteiger charge is 2.16. The van der Waals surface area contributed by atoms with Gasteiger partial charge in [0.15, 0.2) is 0 Å². The van der Waals surface area contributed by atoms with E-state index in [1.807, 2.05) is 6.92 Å². The van der Waals surface area contributed by atoms with E-state index < -0.39 is 10.0 Å². The van der Waals surface area contributed by atoms with Crippen LogP contribution in [0.1, 0.15) is 17.3 Å². The van der Waals surface area contributed by atoms with Crippen molar-refractivity contribution in [3.63, 3.8) is 0 Å². The number of benzene rings is 2. The number of amides is 1. The number of carbonyl (C=O) groups is 1. The Hall–Kier alpha value is -2.58. The first kappa shape index (κ1) is 19.7. The molecular formula is C18H23N3O4S. The number of hydrogen-bond acceptors (Lipinski definition) is 5. The number of likely N-dealkylation sites (N-methyl/N-ethyl adjacent to an activating group) is 1. The maximum atomic E-state index is 12.6. The minimum atomic E-state index is -3.80. The maximum absolute atomic E-state index is 12.6. The van der Waals surface area contributed by atoms with Crippen LogP contribution in [0.5, 0.6) is 5.75 Å². The van der Waals surface area contributed by atoms with Crippen molar-refractivity contribution in [2.45, 2.75) is 11.8 Å². The molecule has 2 aromatic carbocycles. The fraction of sp³-hybridized carbons (Fsp3) is 0.278. The lowest BCUT2D eigenvalue weighted by Gasteiger charge is -2.10. The van der Waals surface area contributed by atoms with Crippen LogP contribution in [0.3, 0.4) is 0 Å². The normalized spacial score (nSPS) is 11.0. The van der Waals surface area contributed by atoms with Crippen molar-refractivity contribution in [1.82, 2.24) is 10.6 Å². The van der Waals surface area contributed by atoms with Gasteiger partial charge in [-0.05, 0) is 56.4 Å². The summed E-state index contributed by atoms with van der Waals surface area (Å²) in [6.45, 7) is 3.49. The molecule has 3 N–H and O–H groups in total. The van der Waals surface area contributed by atoms with Crippen LogP contribution in [0.2, 0.25) is 0 Å². The molecular weight excluding hydrogens is 354 g/mol. The molecule has 0 heterocycles. The monoisotopic (exact) mass is 377 g/mol. The molecule has 0 radical (unpaired) electrons. The topological polar surface area (TPSA) is 96.5 Å². The molecule has 7 nitrogen and oxygen atoms in total. The second-order valence-corrected chi connectivity index (χ2v) is 7.13. The highest BCUT2D eigenvalue weighted by molar-refractivity contribution is 7.92. The number of ether oxygens (including phenoxy) is 1. The Morgan fingerprint density at radius 2 is 1.81 bits per heavy atom. The molecule has 2 aromatic rings. The predicted octanol–water partition coefficient (Wildman–Crippen LogP) is 1.84. The van der Waals surface area contributed by atoms with Crippen molar-refractivity contribution in [1.29, 1.82) is 0 Å². The second kappa shape index (κ2) is 9.21. The van der Waals surface area contributed by atoms with E-state index in [1.165, 1.54) is 12.1 Å². The van der Waals surface area contributed by atoms with Gasteiger partial charge in [0.1, 0.15) is 5.75 Å². The van der Waals surface area contributed by atoms with Gasteiger partial charge in [0, 0.05) is 24.3 Å². The summed E-state index contributed by atoms with van der Waals surface area (Å²) in [7, 11) is -2.02. The van der Waals surface area contributed by atoms with Crippen LogP contribution in [0, 0.1) is 0 Å². The molecule has 0 aromatic heterocycles. The Morgan fingerprint density at radius 3 is 2.46 bits per heavy atom. The van der Waals surface area contributed by atoms with Crippen molar-refractivity contribution in [2.24, 2.45) is 0 Å². The quantitative estimate of drug-likeness (QED) is 0.580. The summed E-state index contributed by atoms with van der Waals surface area (Å²) < 4.78 is 33.0. The van der Waals surface area contributed by atoms with E-state index in [4.69, 9.17) is 4.74 Å². The molecule has 0 aliphatic rings. The summed E-state index contributed by atoms with van der Waals surface area (Å²) in [5, 5.41) is 5.64. The largest absolute Gasteiger partial charge is 0.494 e. The third kappa shape index (κ3) is 5.47. The number of rotatable bonds is 9. The number of anilines is 1. The lowest BCUT2D eigenvalue weighted by molar-refractivity contribution is 0.0954. The van der Waals surface area contributed by atoms with Crippen molar-refractivity contribution in [2.75, 3.05) is 31.5 Å². The maximum Gasteiger partial charge on any atom is 0.261 e. The molecule has 1 amide bonds. The summed E-state index contributed by atoms with van der Waals surface area (Å²) in [5.41, 5.74) is 0.702. The van der Waals surface area contributed by atoms with Crippen LogP contribution in [-0.4, -0.2) is 41.1 Å². The van der Waals surface area contributed by atoms with Crippen LogP contribution in [0.15, 0.2) is 53.4 Å². The fourth-order valence-corrected chi connectivity index (χ4v) is 3.31. The first-order valence-corrected chi connectivity index (χ1v) is 9.73. The summed E-state index contributed by atoms with van der Waals surface area (Å²) in [4.78, 5) is 12.1. The van der Waals surface area contributed by atoms with E-state index in [1.54, 1.807) is 43.4 Å². The Balaban J connectivity index is 2.13. The van der Waals surface area contributed by atoms with E-state index in [0.717, 1.165) is 0 Å². The van der Waals surface area contributed by atoms with Crippen LogP contribution in [0.25, 0.3) is 0 Å². The van der Waals surface area contributed by atoms with Gasteiger partial charge >= 0.3 is 0 Å². The molecule has 0 saturated carbocycles. The number of nitrogens with one attached hydrogen (secondary N) is 3. The van der Waals surface area contributed by atoms with Gasteiger partial charge in [0.2, 0.25) is 0 Å². The van der Waals surface area contributed by atoms with Crippen molar-refractivity contribution < 1.29 is 17.9 Å². The first-order valence-electron chi connectivity index (χ1n) is 8.25. The van der Waals surface area contributed by atoms with Crippen molar-refractivity contribution >= 4 is 21.6 Å². The Bertz CT molecular complexity index is 836. The highest BCUT2D eigenvalue weighted by atomic mass is 32.2. The molecule has 0 atom stereocenters. The summed E-state index contributed by atoms with van der Waals surface area (Å²) in [6.07, 6.45) is 0. The SMILES string of the molecule is CCOc1ccc(NS(=O)(=O)c2cccc(C(=O)NCCNC)c2)cc1. The van der Waals surface area contributed by atoms with Crippen LogP contribution in [0.4, 0.5) is 5.69 Å². The zero-order valence-electron chi connectivity index (χ0n) is 14.8. The average Bonchev–Trinajstić information content (AvgIpc) is 2.63. The van der Waals surface area contributed by atoms with Crippen molar-refractivity contribution in [3.8, 4) is 5.75 Å². The fourth-order valence-electron chi connectivity index (χ4n) is 2.21. The average molecular weight is 377 g/mol. The lowest BCUT2D eigenvalue weighted by atomic mass is 10.2. The number of hydrogen-bond donors (Lipinski definition) is 3. The molecule has 0 spiro atoms. The van der Waals surface area contributed by atoms with Gasteiger partial charge in [-0.2, -0.15) is 0 Å². The molecule has 2 rings (SSSR count). The van der Waals surface area contributed by atoms with E-state index >= 15 is 0 Å². The number of carbonyl (C=O) groups excluding carboxylic acids is 1. The van der Waals surface area contributed by atoms with Gasteiger partial charge in [0.25, 0.3) is 15.9 Å². The summed E-state index contributed by atoms with van der Waals surface area (Å²) >= 11 is 0. The standard InChI is InChI=1S/C18H23N3O4S/c1-3-25-16-9-7-15(8-10-16)21-26(23,24)17-6-4-5-14(13-17)18(22)20-12-11-19-2/h4-10,13,19,21H,3,11-12H2,1-2H3,(H,20,22). The summed E-state index contributed by atoms with van der Waals surface area (Å²) in [5.74, 6) is 0.342. The minimum absolute atomic E-state index is 0.0210. The molecule has 0 saturated heterocycles. The Morgan fingerprint density at radius 1 is 1.08 bits per heavy atom. The molecule has 8 heteroatoms. The van der Waals surface area contributed by atoms with Gasteiger partial charge < -0.3 is 15.4 Å². The second-order valence-electron chi connectivity index (χ2n) is 5.45. The van der Waals surface area contributed by atoms with Gasteiger partial charge in [-0.1, -0.05) is 6.07 Å². The van der Waals surface area contributed by atoms with Gasteiger partial charge in [-0.3, -0.25) is 9.52 Å². The van der Waals surface area contributed by atoms with Crippen LogP contribution in [-0.2, 0) is 10.0 Å². The molecule has 0 bridgehead atoms. The van der Waals surface area contributed by atoms with E-state index in [9.17, 15) is 13.2 Å². The Labute approximate surface area is 153 Å². The first-order chi connectivity index (χ1) is 12.5. The van der Waals surface area contributed by atoms with Crippen LogP contribution >= 0.6 is 0 Å². The smallest absolute Gasteiger partial charge is 0.261 e. The van der Waals surface area contributed by atoms with Gasteiger partial charge in [-0.25, -0.2) is 8.42 Å². The molecule has 26 heavy (non-hydrogen) atoms. The molecule has 140 valence electrons. The lowest BCUT2D eigenvalue weighted by Crippen LogP contribution is -2.30. The van der Waals surface area contributed by atoms with Gasteiger partial charge in [-0.15, -0.1) is 0 Å². The minimum Gasteiger partial charge on any atom is -0.494 e. The zero-order valence-corrected chi connectivity index (χ0v) is 15.6. The molecule has 0 aliphatic heterocycles. The van der Waals surface area contributed by atoms with Crippen molar-refractivity contribution in [3.05, 3.63) is 54.1 Å². The predicted molar refractivity (Wildman–Crippen MR) is 101 cm³/mol. The molecule has 0 aliphatic carbocycles. The summed E-state index contributed by atoms with van der Waals surface area (Å²) in [6, 6.07) is 12.5. The number of sulfonamides is 1. The van der Waals surface area contributed by atoms with Gasteiger partial charge in [0.05, 0.1) is 11.5 Å². The van der Waals surface area contributed by atoms with E-state index in [2.05, 4.69) is 15.4 Å². The Kier molecular flexibility index (Phi) is 6.99. The van der Waals surface area contributed by atoms with Crippen LogP contribution < -0.4 is 20.1 Å². The zero-order chi connectivity index (χ0) is 19.0. The molecule has 0 fully saturated rings. The molecule has 0 unspecified atom stereocenters. The van der Waals surface area contributed by atoms with E-state index in [-0.39, 0.29) is 16.4 Å². The van der Waals surface area contributed by atoms with E-state index in [0.29, 0.717) is 31.1 Å². The third-order valence-electron chi connectivity index (χ3n) is 3.48.